The van der Waals surface area contributed by atoms with Gasteiger partial charge < -0.3 is 20.1 Å². The number of benzene rings is 2. The maximum absolute atomic E-state index is 5.70. The lowest BCUT2D eigenvalue weighted by molar-refractivity contribution is 0.125. The highest BCUT2D eigenvalue weighted by molar-refractivity contribution is 5.80. The van der Waals surface area contributed by atoms with Gasteiger partial charge in [0.25, 0.3) is 0 Å². The molecule has 0 amide bonds. The van der Waals surface area contributed by atoms with E-state index in [1.807, 2.05) is 36.4 Å². The zero-order valence-electron chi connectivity index (χ0n) is 14.6. The highest BCUT2D eigenvalue weighted by Crippen LogP contribution is 2.31. The molecule has 2 aromatic rings. The van der Waals surface area contributed by atoms with Gasteiger partial charge in [0.05, 0.1) is 25.9 Å². The smallest absolute Gasteiger partial charge is 0.191 e. The molecule has 2 aromatic carbocycles. The number of nitrogens with zero attached hydrogens (tertiary/aromatic N) is 1. The summed E-state index contributed by atoms with van der Waals surface area (Å²) in [7, 11) is 1.78. The van der Waals surface area contributed by atoms with Crippen molar-refractivity contribution < 1.29 is 9.47 Å². The molecule has 0 aromatic heterocycles. The Morgan fingerprint density at radius 3 is 2.80 bits per heavy atom. The summed E-state index contributed by atoms with van der Waals surface area (Å²) in [5.74, 6) is 1.73. The monoisotopic (exact) mass is 339 g/mol. The maximum atomic E-state index is 5.70. The SMILES string of the molecule is CN=C(NCCOCc1ccccc1)NC1CCOc2ccccc21. The molecule has 1 aliphatic rings. The van der Waals surface area contributed by atoms with Crippen molar-refractivity contribution in [3.8, 4) is 5.75 Å². The number of ether oxygens (including phenoxy) is 2. The van der Waals surface area contributed by atoms with E-state index < -0.39 is 0 Å². The van der Waals surface area contributed by atoms with E-state index in [0.717, 1.165) is 18.1 Å². The van der Waals surface area contributed by atoms with Crippen LogP contribution >= 0.6 is 0 Å². The fourth-order valence-corrected chi connectivity index (χ4v) is 2.86. The van der Waals surface area contributed by atoms with Crippen LogP contribution in [0.2, 0.25) is 0 Å². The van der Waals surface area contributed by atoms with E-state index >= 15 is 0 Å². The van der Waals surface area contributed by atoms with Gasteiger partial charge in [0.2, 0.25) is 0 Å². The average molecular weight is 339 g/mol. The van der Waals surface area contributed by atoms with E-state index in [0.29, 0.717) is 26.4 Å². The highest BCUT2D eigenvalue weighted by Gasteiger charge is 2.21. The normalized spacial score (nSPS) is 16.7. The number of nitrogens with one attached hydrogen (secondary N) is 2. The van der Waals surface area contributed by atoms with Crippen LogP contribution in [0, 0.1) is 0 Å². The molecule has 5 heteroatoms. The van der Waals surface area contributed by atoms with Gasteiger partial charge in [0, 0.05) is 25.6 Å². The van der Waals surface area contributed by atoms with E-state index in [9.17, 15) is 0 Å². The van der Waals surface area contributed by atoms with Crippen LogP contribution in [0.1, 0.15) is 23.6 Å². The van der Waals surface area contributed by atoms with Gasteiger partial charge in [-0.3, -0.25) is 4.99 Å². The van der Waals surface area contributed by atoms with Crippen molar-refractivity contribution in [1.82, 2.24) is 10.6 Å². The number of aliphatic imine (C=N–C) groups is 1. The summed E-state index contributed by atoms with van der Waals surface area (Å²) in [6, 6.07) is 18.5. The highest BCUT2D eigenvalue weighted by atomic mass is 16.5. The number of hydrogen-bond donors (Lipinski definition) is 2. The van der Waals surface area contributed by atoms with E-state index in [1.165, 1.54) is 11.1 Å². The van der Waals surface area contributed by atoms with E-state index in [2.05, 4.69) is 33.8 Å². The molecule has 2 N–H and O–H groups in total. The van der Waals surface area contributed by atoms with Crippen LogP contribution in [0.15, 0.2) is 59.6 Å². The molecule has 1 unspecified atom stereocenters. The lowest BCUT2D eigenvalue weighted by Gasteiger charge is -2.28. The number of guanidine groups is 1. The first-order valence-corrected chi connectivity index (χ1v) is 8.67. The minimum absolute atomic E-state index is 0.210. The molecule has 25 heavy (non-hydrogen) atoms. The molecule has 0 fully saturated rings. The van der Waals surface area contributed by atoms with E-state index in [1.54, 1.807) is 7.05 Å². The summed E-state index contributed by atoms with van der Waals surface area (Å²) in [4.78, 5) is 4.31. The molecule has 0 saturated heterocycles. The maximum Gasteiger partial charge on any atom is 0.191 e. The van der Waals surface area contributed by atoms with Crippen LogP contribution in [-0.4, -0.2) is 32.8 Å². The Morgan fingerprint density at radius 1 is 1.16 bits per heavy atom. The molecule has 0 spiro atoms. The Morgan fingerprint density at radius 2 is 1.96 bits per heavy atom. The number of hydrogen-bond acceptors (Lipinski definition) is 3. The van der Waals surface area contributed by atoms with Crippen molar-refractivity contribution in [1.29, 1.82) is 0 Å². The van der Waals surface area contributed by atoms with Crippen molar-refractivity contribution >= 4 is 5.96 Å². The first kappa shape index (κ1) is 17.3. The summed E-state index contributed by atoms with van der Waals surface area (Å²) in [5.41, 5.74) is 2.36. The van der Waals surface area contributed by atoms with Crippen LogP contribution < -0.4 is 15.4 Å². The number of rotatable bonds is 6. The van der Waals surface area contributed by atoms with E-state index in [4.69, 9.17) is 9.47 Å². The summed E-state index contributed by atoms with van der Waals surface area (Å²) >= 11 is 0. The Hall–Kier alpha value is -2.53. The second-order valence-corrected chi connectivity index (χ2v) is 5.91. The molecule has 1 aliphatic heterocycles. The quantitative estimate of drug-likeness (QED) is 0.483. The Bertz CT molecular complexity index is 688. The van der Waals surface area contributed by atoms with Crippen molar-refractivity contribution in [3.05, 3.63) is 65.7 Å². The molecule has 132 valence electrons. The molecular formula is C20H25N3O2. The largest absolute Gasteiger partial charge is 0.493 e. The van der Waals surface area contributed by atoms with Gasteiger partial charge in [-0.1, -0.05) is 48.5 Å². The van der Waals surface area contributed by atoms with Gasteiger partial charge in [0.1, 0.15) is 5.75 Å². The lowest BCUT2D eigenvalue weighted by Crippen LogP contribution is -2.42. The third-order valence-corrected chi connectivity index (χ3v) is 4.14. The summed E-state index contributed by atoms with van der Waals surface area (Å²) in [6.07, 6.45) is 0.919. The molecule has 0 radical (unpaired) electrons. The third kappa shape index (κ3) is 4.97. The zero-order valence-corrected chi connectivity index (χ0v) is 14.6. The molecule has 0 bridgehead atoms. The van der Waals surface area contributed by atoms with Crippen LogP contribution in [0.25, 0.3) is 0 Å². The first-order valence-electron chi connectivity index (χ1n) is 8.67. The Labute approximate surface area is 149 Å². The number of fused-ring (bicyclic) bond motifs is 1. The van der Waals surface area contributed by atoms with Gasteiger partial charge in [-0.25, -0.2) is 0 Å². The zero-order chi connectivity index (χ0) is 17.3. The summed E-state index contributed by atoms with van der Waals surface area (Å²) in [5, 5.41) is 6.78. The van der Waals surface area contributed by atoms with Crippen molar-refractivity contribution in [2.75, 3.05) is 26.8 Å². The van der Waals surface area contributed by atoms with Gasteiger partial charge >= 0.3 is 0 Å². The minimum atomic E-state index is 0.210. The molecule has 0 aliphatic carbocycles. The Balaban J connectivity index is 1.43. The molecule has 3 rings (SSSR count). The van der Waals surface area contributed by atoms with Crippen LogP contribution in [0.5, 0.6) is 5.75 Å². The van der Waals surface area contributed by atoms with Crippen molar-refractivity contribution in [3.63, 3.8) is 0 Å². The lowest BCUT2D eigenvalue weighted by atomic mass is 10.0. The topological polar surface area (TPSA) is 54.9 Å². The number of para-hydroxylation sites is 1. The summed E-state index contributed by atoms with van der Waals surface area (Å²) in [6.45, 7) is 2.67. The van der Waals surface area contributed by atoms with Gasteiger partial charge in [-0.2, -0.15) is 0 Å². The van der Waals surface area contributed by atoms with Crippen molar-refractivity contribution in [2.24, 2.45) is 4.99 Å². The molecule has 0 saturated carbocycles. The first-order chi connectivity index (χ1) is 12.4. The van der Waals surface area contributed by atoms with Gasteiger partial charge in [-0.15, -0.1) is 0 Å². The van der Waals surface area contributed by atoms with Crippen molar-refractivity contribution in [2.45, 2.75) is 19.1 Å². The second-order valence-electron chi connectivity index (χ2n) is 5.91. The molecule has 1 heterocycles. The second kappa shape index (κ2) is 9.08. The standard InChI is InChI=1S/C20H25N3O2/c1-21-20(22-12-14-24-15-16-7-3-2-4-8-16)23-18-11-13-25-19-10-6-5-9-17(18)19/h2-10,18H,11-15H2,1H3,(H2,21,22,23). The van der Waals surface area contributed by atoms with Gasteiger partial charge in [0.15, 0.2) is 5.96 Å². The van der Waals surface area contributed by atoms with Gasteiger partial charge in [-0.05, 0) is 11.6 Å². The molecular weight excluding hydrogens is 314 g/mol. The van der Waals surface area contributed by atoms with E-state index in [-0.39, 0.29) is 6.04 Å². The predicted octanol–water partition coefficient (Wildman–Crippen LogP) is 2.89. The molecule has 1 atom stereocenters. The fraction of sp³-hybridized carbons (Fsp3) is 0.350. The fourth-order valence-electron chi connectivity index (χ4n) is 2.86. The van der Waals surface area contributed by atoms with Crippen LogP contribution in [0.4, 0.5) is 0 Å². The Kier molecular flexibility index (Phi) is 6.29. The third-order valence-electron chi connectivity index (χ3n) is 4.14. The predicted molar refractivity (Wildman–Crippen MR) is 99.9 cm³/mol. The van der Waals surface area contributed by atoms with Crippen LogP contribution in [-0.2, 0) is 11.3 Å². The molecule has 5 nitrogen and oxygen atoms in total. The van der Waals surface area contributed by atoms with Crippen LogP contribution in [0.3, 0.4) is 0 Å². The average Bonchev–Trinajstić information content (AvgIpc) is 2.68. The summed E-state index contributed by atoms with van der Waals surface area (Å²) < 4.78 is 11.4. The minimum Gasteiger partial charge on any atom is -0.493 e.